The Bertz CT molecular complexity index is 452. The van der Waals surface area contributed by atoms with E-state index in [1.54, 1.807) is 12.1 Å². The van der Waals surface area contributed by atoms with Gasteiger partial charge in [0.15, 0.2) is 11.6 Å². The van der Waals surface area contributed by atoms with Crippen LogP contribution < -0.4 is 10.5 Å². The highest BCUT2D eigenvalue weighted by Gasteiger charge is 2.27. The summed E-state index contributed by atoms with van der Waals surface area (Å²) in [6.07, 6.45) is 6.09. The Kier molecular flexibility index (Phi) is 6.00. The van der Waals surface area contributed by atoms with Crippen molar-refractivity contribution in [2.75, 3.05) is 20.2 Å². The van der Waals surface area contributed by atoms with Gasteiger partial charge >= 0.3 is 0 Å². The molecule has 1 aromatic carbocycles. The summed E-state index contributed by atoms with van der Waals surface area (Å²) >= 11 is 0. The second-order valence-corrected chi connectivity index (χ2v) is 5.79. The van der Waals surface area contributed by atoms with Crippen LogP contribution >= 0.6 is 0 Å². The van der Waals surface area contributed by atoms with E-state index in [9.17, 15) is 4.39 Å². The normalized spacial score (nSPS) is 21.8. The predicted octanol–water partition coefficient (Wildman–Crippen LogP) is 3.49. The monoisotopic (exact) mass is 294 g/mol. The van der Waals surface area contributed by atoms with Crippen molar-refractivity contribution >= 4 is 0 Å². The van der Waals surface area contributed by atoms with Gasteiger partial charge in [-0.05, 0) is 43.5 Å². The largest absolute Gasteiger partial charge is 0.494 e. The molecule has 0 bridgehead atoms. The fraction of sp³-hybridized carbons (Fsp3) is 0.647. The second kappa shape index (κ2) is 7.76. The molecule has 0 radical (unpaired) electrons. The number of hydrogen-bond acceptors (Lipinski definition) is 3. The number of nitrogens with zero attached hydrogens (tertiary/aromatic N) is 1. The average molecular weight is 294 g/mol. The molecular weight excluding hydrogens is 267 g/mol. The van der Waals surface area contributed by atoms with E-state index in [0.29, 0.717) is 12.6 Å². The van der Waals surface area contributed by atoms with Crippen LogP contribution in [0.1, 0.15) is 50.6 Å². The minimum Gasteiger partial charge on any atom is -0.494 e. The molecule has 118 valence electrons. The molecule has 2 atom stereocenters. The lowest BCUT2D eigenvalue weighted by molar-refractivity contribution is 0.135. The number of ether oxygens (including phenoxy) is 1. The minimum atomic E-state index is -0.309. The number of methoxy groups -OCH3 is 1. The SMILES string of the molecule is CCC1CCCCCN1C(CN)c1ccc(OC)c(F)c1. The third-order valence-electron chi connectivity index (χ3n) is 4.58. The first-order valence-electron chi connectivity index (χ1n) is 8.00. The molecule has 0 saturated carbocycles. The Hall–Kier alpha value is -1.13. The van der Waals surface area contributed by atoms with Gasteiger partial charge in [0, 0.05) is 18.6 Å². The third-order valence-corrected chi connectivity index (χ3v) is 4.58. The fourth-order valence-electron chi connectivity index (χ4n) is 3.40. The van der Waals surface area contributed by atoms with Gasteiger partial charge in [0.1, 0.15) is 0 Å². The zero-order valence-electron chi connectivity index (χ0n) is 13.1. The Balaban J connectivity index is 2.26. The maximum Gasteiger partial charge on any atom is 0.165 e. The molecule has 2 rings (SSSR count). The molecule has 1 heterocycles. The summed E-state index contributed by atoms with van der Waals surface area (Å²) in [6, 6.07) is 5.86. The van der Waals surface area contributed by atoms with Gasteiger partial charge in [0.2, 0.25) is 0 Å². The molecule has 1 saturated heterocycles. The van der Waals surface area contributed by atoms with Crippen molar-refractivity contribution in [1.82, 2.24) is 4.90 Å². The quantitative estimate of drug-likeness (QED) is 0.903. The number of hydrogen-bond donors (Lipinski definition) is 1. The van der Waals surface area contributed by atoms with E-state index < -0.39 is 0 Å². The highest BCUT2D eigenvalue weighted by atomic mass is 19.1. The summed E-state index contributed by atoms with van der Waals surface area (Å²) < 4.78 is 19.0. The minimum absolute atomic E-state index is 0.0912. The highest BCUT2D eigenvalue weighted by Crippen LogP contribution is 2.30. The molecule has 0 spiro atoms. The van der Waals surface area contributed by atoms with Crippen molar-refractivity contribution in [2.45, 2.75) is 51.1 Å². The van der Waals surface area contributed by atoms with Crippen LogP contribution in [-0.2, 0) is 0 Å². The predicted molar refractivity (Wildman–Crippen MR) is 84.0 cm³/mol. The number of nitrogens with two attached hydrogens (primary N) is 1. The van der Waals surface area contributed by atoms with E-state index in [-0.39, 0.29) is 17.6 Å². The van der Waals surface area contributed by atoms with Gasteiger partial charge in [-0.3, -0.25) is 4.90 Å². The van der Waals surface area contributed by atoms with Gasteiger partial charge in [-0.25, -0.2) is 4.39 Å². The number of rotatable bonds is 5. The first-order chi connectivity index (χ1) is 10.2. The summed E-state index contributed by atoms with van der Waals surface area (Å²) in [5.41, 5.74) is 6.98. The lowest BCUT2D eigenvalue weighted by Crippen LogP contribution is -2.41. The summed E-state index contributed by atoms with van der Waals surface area (Å²) in [4.78, 5) is 2.48. The van der Waals surface area contributed by atoms with Gasteiger partial charge in [-0.15, -0.1) is 0 Å². The van der Waals surface area contributed by atoms with Crippen molar-refractivity contribution in [3.05, 3.63) is 29.6 Å². The molecule has 3 nitrogen and oxygen atoms in total. The second-order valence-electron chi connectivity index (χ2n) is 5.79. The van der Waals surface area contributed by atoms with Crippen LogP contribution in [0, 0.1) is 5.82 Å². The van der Waals surface area contributed by atoms with Crippen LogP contribution in [0.2, 0.25) is 0 Å². The van der Waals surface area contributed by atoms with Crippen molar-refractivity contribution in [1.29, 1.82) is 0 Å². The van der Waals surface area contributed by atoms with Crippen molar-refractivity contribution in [3.63, 3.8) is 0 Å². The summed E-state index contributed by atoms with van der Waals surface area (Å²) in [5.74, 6) is -0.0197. The van der Waals surface area contributed by atoms with Crippen molar-refractivity contribution < 1.29 is 9.13 Å². The van der Waals surface area contributed by atoms with E-state index in [0.717, 1.165) is 18.5 Å². The molecule has 1 fully saturated rings. The van der Waals surface area contributed by atoms with Gasteiger partial charge in [0.25, 0.3) is 0 Å². The van der Waals surface area contributed by atoms with Gasteiger partial charge in [0.05, 0.1) is 7.11 Å². The molecule has 2 N–H and O–H groups in total. The summed E-state index contributed by atoms with van der Waals surface area (Å²) in [5, 5.41) is 0. The molecule has 0 aliphatic carbocycles. The highest BCUT2D eigenvalue weighted by molar-refractivity contribution is 5.31. The summed E-state index contributed by atoms with van der Waals surface area (Å²) in [6.45, 7) is 3.79. The van der Waals surface area contributed by atoms with E-state index in [1.807, 2.05) is 6.07 Å². The lowest BCUT2D eigenvalue weighted by atomic mass is 10.0. The maximum absolute atomic E-state index is 14.0. The first kappa shape index (κ1) is 16.2. The zero-order chi connectivity index (χ0) is 15.2. The summed E-state index contributed by atoms with van der Waals surface area (Å²) in [7, 11) is 1.49. The van der Waals surface area contributed by atoms with E-state index >= 15 is 0 Å². The van der Waals surface area contributed by atoms with E-state index in [2.05, 4.69) is 11.8 Å². The van der Waals surface area contributed by atoms with Gasteiger partial charge < -0.3 is 10.5 Å². The molecule has 21 heavy (non-hydrogen) atoms. The van der Waals surface area contributed by atoms with Gasteiger partial charge in [-0.1, -0.05) is 25.8 Å². The van der Waals surface area contributed by atoms with Crippen LogP contribution in [0.3, 0.4) is 0 Å². The molecule has 0 aromatic heterocycles. The maximum atomic E-state index is 14.0. The molecule has 1 aromatic rings. The molecular formula is C17H27FN2O. The smallest absolute Gasteiger partial charge is 0.165 e. The molecule has 0 amide bonds. The van der Waals surface area contributed by atoms with Crippen LogP contribution in [0.4, 0.5) is 4.39 Å². The van der Waals surface area contributed by atoms with Crippen molar-refractivity contribution in [3.8, 4) is 5.75 Å². The Morgan fingerprint density at radius 3 is 2.81 bits per heavy atom. The van der Waals surface area contributed by atoms with E-state index in [4.69, 9.17) is 10.5 Å². The topological polar surface area (TPSA) is 38.5 Å². The molecule has 1 aliphatic rings. The van der Waals surface area contributed by atoms with Gasteiger partial charge in [-0.2, -0.15) is 0 Å². The molecule has 4 heteroatoms. The van der Waals surface area contributed by atoms with Crippen LogP contribution in [0.25, 0.3) is 0 Å². The van der Waals surface area contributed by atoms with Crippen LogP contribution in [-0.4, -0.2) is 31.1 Å². The standard InChI is InChI=1S/C17H27FN2O/c1-3-14-7-5-4-6-10-20(14)16(12-19)13-8-9-17(21-2)15(18)11-13/h8-9,11,14,16H,3-7,10,12,19H2,1-2H3. The van der Waals surface area contributed by atoms with Crippen LogP contribution in [0.5, 0.6) is 5.75 Å². The lowest BCUT2D eigenvalue weighted by Gasteiger charge is -2.36. The molecule has 1 aliphatic heterocycles. The fourth-order valence-corrected chi connectivity index (χ4v) is 3.40. The third kappa shape index (κ3) is 3.74. The van der Waals surface area contributed by atoms with Crippen LogP contribution in [0.15, 0.2) is 18.2 Å². The van der Waals surface area contributed by atoms with Crippen molar-refractivity contribution in [2.24, 2.45) is 5.73 Å². The number of halogens is 1. The average Bonchev–Trinajstić information content (AvgIpc) is 2.74. The molecule has 2 unspecified atom stereocenters. The first-order valence-corrected chi connectivity index (χ1v) is 8.00. The zero-order valence-corrected chi connectivity index (χ0v) is 13.1. The number of likely N-dealkylation sites (tertiary alicyclic amines) is 1. The Labute approximate surface area is 127 Å². The Morgan fingerprint density at radius 1 is 1.38 bits per heavy atom. The Morgan fingerprint density at radius 2 is 2.19 bits per heavy atom. The van der Waals surface area contributed by atoms with E-state index in [1.165, 1.54) is 32.8 Å². The number of benzene rings is 1.